The van der Waals surface area contributed by atoms with Crippen molar-refractivity contribution in [3.05, 3.63) is 57.7 Å². The molecule has 0 spiro atoms. The molecule has 220 valence electrons. The molecule has 3 heterocycles. The van der Waals surface area contributed by atoms with E-state index in [-0.39, 0.29) is 30.6 Å². The largest absolute Gasteiger partial charge is 0.466 e. The van der Waals surface area contributed by atoms with E-state index in [1.807, 2.05) is 19.1 Å². The van der Waals surface area contributed by atoms with E-state index < -0.39 is 42.1 Å². The first-order valence-corrected chi connectivity index (χ1v) is 13.3. The highest BCUT2D eigenvalue weighted by atomic mass is 16.8. The third kappa shape index (κ3) is 7.09. The number of ether oxygens (including phenoxy) is 6. The number of benzene rings is 1. The smallest absolute Gasteiger partial charge is 0.342 e. The molecule has 2 aliphatic rings. The van der Waals surface area contributed by atoms with Crippen molar-refractivity contribution in [2.75, 3.05) is 13.9 Å². The summed E-state index contributed by atoms with van der Waals surface area (Å²) in [4.78, 5) is 28.5. The van der Waals surface area contributed by atoms with Crippen molar-refractivity contribution in [2.45, 2.75) is 77.8 Å². The quantitative estimate of drug-likeness (QED) is 0.104. The molecule has 2 aliphatic heterocycles. The highest BCUT2D eigenvalue weighted by Crippen LogP contribution is 2.38. The Balaban J connectivity index is 1.87. The van der Waals surface area contributed by atoms with Gasteiger partial charge in [0.15, 0.2) is 12.6 Å². The molecule has 2 aromatic rings. The van der Waals surface area contributed by atoms with Gasteiger partial charge in [-0.25, -0.2) is 4.79 Å². The molecule has 4 rings (SSSR count). The number of rotatable bonds is 6. The Kier molecular flexibility index (Phi) is 9.39. The van der Waals surface area contributed by atoms with Gasteiger partial charge in [-0.1, -0.05) is 30.3 Å². The van der Waals surface area contributed by atoms with Gasteiger partial charge >= 0.3 is 11.9 Å². The van der Waals surface area contributed by atoms with Gasteiger partial charge in [-0.3, -0.25) is 4.79 Å². The molecule has 5 atom stereocenters. The molecule has 0 radical (unpaired) electrons. The number of fused-ring (bicyclic) bond motifs is 4. The van der Waals surface area contributed by atoms with Crippen LogP contribution in [-0.4, -0.2) is 56.0 Å². The molecule has 1 aromatic carbocycles. The van der Waals surface area contributed by atoms with Crippen LogP contribution in [0.15, 0.2) is 39.9 Å². The number of methoxy groups -OCH3 is 1. The van der Waals surface area contributed by atoms with Gasteiger partial charge in [0.25, 0.3) is 0 Å². The molecule has 1 fully saturated rings. The zero-order valence-electron chi connectivity index (χ0n) is 24.0. The summed E-state index contributed by atoms with van der Waals surface area (Å²) in [6, 6.07) is 3.31. The van der Waals surface area contributed by atoms with E-state index in [2.05, 4.69) is 10.0 Å². The Morgan fingerprint density at radius 3 is 2.71 bits per heavy atom. The third-order valence-corrected chi connectivity index (χ3v) is 6.84. The van der Waals surface area contributed by atoms with Crippen LogP contribution in [0.25, 0.3) is 27.5 Å². The number of carbonyl (C=O) groups excluding carboxylic acids is 2. The first-order chi connectivity index (χ1) is 19.5. The molecule has 41 heavy (non-hydrogen) atoms. The summed E-state index contributed by atoms with van der Waals surface area (Å²) in [7, 11) is 1.47. The number of cyclic esters (lactones) is 1. The van der Waals surface area contributed by atoms with E-state index in [9.17, 15) is 9.59 Å². The van der Waals surface area contributed by atoms with E-state index in [0.717, 1.165) is 0 Å². The van der Waals surface area contributed by atoms with Gasteiger partial charge in [0.2, 0.25) is 0 Å². The molecule has 0 bridgehead atoms. The van der Waals surface area contributed by atoms with Gasteiger partial charge in [0, 0.05) is 41.9 Å². The summed E-state index contributed by atoms with van der Waals surface area (Å²) in [6.45, 7) is 8.50. The molecule has 0 aliphatic carbocycles. The zero-order chi connectivity index (χ0) is 29.7. The lowest BCUT2D eigenvalue weighted by Gasteiger charge is -2.25. The second-order valence-electron chi connectivity index (χ2n) is 10.4. The molecule has 12 heteroatoms. The summed E-state index contributed by atoms with van der Waals surface area (Å²) in [5.74, 6) is -1.58. The van der Waals surface area contributed by atoms with Crippen LogP contribution in [0.3, 0.4) is 0 Å². The first-order valence-electron chi connectivity index (χ1n) is 13.3. The first kappa shape index (κ1) is 30.1. The van der Waals surface area contributed by atoms with Gasteiger partial charge in [0.05, 0.1) is 12.6 Å². The van der Waals surface area contributed by atoms with Crippen molar-refractivity contribution >= 4 is 29.0 Å². The predicted molar refractivity (Wildman–Crippen MR) is 148 cm³/mol. The van der Waals surface area contributed by atoms with Crippen LogP contribution < -0.4 is 4.74 Å². The van der Waals surface area contributed by atoms with E-state index in [1.54, 1.807) is 45.1 Å². The van der Waals surface area contributed by atoms with Crippen molar-refractivity contribution in [2.24, 2.45) is 11.0 Å². The van der Waals surface area contributed by atoms with Gasteiger partial charge < -0.3 is 32.8 Å². The molecule has 12 nitrogen and oxygen atoms in total. The molecule has 0 saturated carbocycles. The molecule has 1 saturated heterocycles. The zero-order valence-corrected chi connectivity index (χ0v) is 24.0. The van der Waals surface area contributed by atoms with Gasteiger partial charge in [-0.15, -0.1) is 0 Å². The lowest BCUT2D eigenvalue weighted by molar-refractivity contribution is -0.165. The average molecular weight is 570 g/mol. The van der Waals surface area contributed by atoms with E-state index in [4.69, 9.17) is 38.4 Å². The van der Waals surface area contributed by atoms with Crippen LogP contribution in [0.1, 0.15) is 62.7 Å². The molecule has 0 N–H and O–H groups in total. The monoisotopic (exact) mass is 569 g/mol. The molecular weight excluding hydrogens is 534 g/mol. The van der Waals surface area contributed by atoms with Crippen LogP contribution in [-0.2, 0) is 35.0 Å². The number of azide groups is 1. The molecule has 1 aromatic heterocycles. The normalized spacial score (nSPS) is 27.5. The highest BCUT2D eigenvalue weighted by molar-refractivity contribution is 6.04. The van der Waals surface area contributed by atoms with E-state index in [0.29, 0.717) is 28.7 Å². The average Bonchev–Trinajstić information content (AvgIpc) is 3.46. The minimum absolute atomic E-state index is 0.00912. The van der Waals surface area contributed by atoms with Crippen molar-refractivity contribution in [3.63, 3.8) is 0 Å². The van der Waals surface area contributed by atoms with Gasteiger partial charge in [0.1, 0.15) is 41.0 Å². The van der Waals surface area contributed by atoms with Crippen molar-refractivity contribution in [3.8, 4) is 5.75 Å². The summed E-state index contributed by atoms with van der Waals surface area (Å²) in [5.41, 5.74) is 9.88. The van der Waals surface area contributed by atoms with Gasteiger partial charge in [-0.2, -0.15) is 0 Å². The lowest BCUT2D eigenvalue weighted by atomic mass is 9.97. The van der Waals surface area contributed by atoms with Crippen LogP contribution in [0.5, 0.6) is 5.75 Å². The predicted octanol–water partition coefficient (Wildman–Crippen LogP) is 5.83. The fourth-order valence-electron chi connectivity index (χ4n) is 4.86. The Bertz CT molecular complexity index is 1390. The number of furan rings is 1. The summed E-state index contributed by atoms with van der Waals surface area (Å²) in [5, 5.41) is 4.19. The van der Waals surface area contributed by atoms with Crippen LogP contribution in [0.2, 0.25) is 0 Å². The Morgan fingerprint density at radius 2 is 2.00 bits per heavy atom. The molecular formula is C29H35N3O9. The van der Waals surface area contributed by atoms with Crippen molar-refractivity contribution < 1.29 is 42.4 Å². The van der Waals surface area contributed by atoms with Crippen LogP contribution in [0.4, 0.5) is 0 Å². The third-order valence-electron chi connectivity index (χ3n) is 6.84. The maximum Gasteiger partial charge on any atom is 0.342 e. The summed E-state index contributed by atoms with van der Waals surface area (Å²) >= 11 is 0. The number of nitrogens with zero attached hydrogens (tertiary/aromatic N) is 3. The Labute approximate surface area is 237 Å². The van der Waals surface area contributed by atoms with Gasteiger partial charge in [-0.05, 0) is 44.9 Å². The minimum Gasteiger partial charge on any atom is -0.466 e. The number of esters is 2. The van der Waals surface area contributed by atoms with Crippen molar-refractivity contribution in [1.29, 1.82) is 0 Å². The summed E-state index contributed by atoms with van der Waals surface area (Å²) < 4.78 is 40.7. The second kappa shape index (κ2) is 12.8. The maximum absolute atomic E-state index is 13.7. The topological polar surface area (TPSA) is 151 Å². The highest BCUT2D eigenvalue weighted by Gasteiger charge is 2.45. The van der Waals surface area contributed by atoms with E-state index >= 15 is 0 Å². The Hall–Kier alpha value is -3.83. The van der Waals surface area contributed by atoms with Crippen LogP contribution >= 0.6 is 0 Å². The summed E-state index contributed by atoms with van der Waals surface area (Å²) in [6.07, 6.45) is 5.27. The fraction of sp³-hybridized carbons (Fsp3) is 0.517. The second-order valence-corrected chi connectivity index (χ2v) is 10.4. The lowest BCUT2D eigenvalue weighted by Crippen LogP contribution is -2.37. The van der Waals surface area contributed by atoms with E-state index in [1.165, 1.54) is 14.0 Å². The maximum atomic E-state index is 13.7. The SMILES string of the molecule is COCOc1cc2oc(CN=[N+]=[N-])cc2c2c1C(=O)O[C@@H](C)[C@H](C)/C=C\C(OC(C)=O)[C@H]1OC(C)(C)O[C@H]1C/C=C/2. The number of hydrogen-bond donors (Lipinski definition) is 0. The standard InChI is InChI=1S/C29H35N3O9/c1-16-10-11-22(38-18(3)33)27-23(40-29(4,5)41-27)9-7-8-20-21-12-19(14-31-32-30)39-24(21)13-25(36-15-35-6)26(20)28(34)37-17(16)2/h7-8,10-13,16-17,22-23,27H,9,14-15H2,1-6H3/b8-7+,11-10-/t16-,17+,22?,23+,27-/m1/s1. The molecule has 0 amide bonds. The molecule has 1 unspecified atom stereocenters. The fourth-order valence-corrected chi connectivity index (χ4v) is 4.86. The van der Waals surface area contributed by atoms with Crippen LogP contribution in [0, 0.1) is 5.92 Å². The Morgan fingerprint density at radius 1 is 1.22 bits per heavy atom. The van der Waals surface area contributed by atoms with Crippen molar-refractivity contribution in [1.82, 2.24) is 0 Å². The minimum atomic E-state index is -0.908. The number of carbonyl (C=O) groups is 2. The number of hydrogen-bond acceptors (Lipinski definition) is 10.